The normalized spacial score (nSPS) is 14.1. The van der Waals surface area contributed by atoms with Crippen molar-refractivity contribution >= 4 is 13.7 Å². The molecule has 1 aromatic carbocycles. The van der Waals surface area contributed by atoms with Gasteiger partial charge in [-0.2, -0.15) is 10.2 Å². The molecule has 0 N–H and O–H groups in total. The highest BCUT2D eigenvalue weighted by Gasteiger charge is 2.25. The second kappa shape index (κ2) is 9.94. The van der Waals surface area contributed by atoms with Gasteiger partial charge in [0.1, 0.15) is 13.1 Å². The first-order valence-electron chi connectivity index (χ1n) is 13.3. The Balaban J connectivity index is 1.63. The summed E-state index contributed by atoms with van der Waals surface area (Å²) in [6.45, 7) is 15.0. The van der Waals surface area contributed by atoms with Crippen molar-refractivity contribution in [3.05, 3.63) is 59.0 Å². The maximum atomic E-state index is 6.24. The molecule has 0 radical (unpaired) electrons. The molecular formula is C29H39N5OSi. The average molecular weight is 502 g/mol. The summed E-state index contributed by atoms with van der Waals surface area (Å²) in [5.41, 5.74) is 10.7. The van der Waals surface area contributed by atoms with Crippen molar-refractivity contribution in [3.8, 4) is 22.5 Å². The number of pyridine rings is 1. The monoisotopic (exact) mass is 501 g/mol. The van der Waals surface area contributed by atoms with E-state index in [1.54, 1.807) is 6.33 Å². The minimum atomic E-state index is -1.17. The lowest BCUT2D eigenvalue weighted by Gasteiger charge is -2.17. The van der Waals surface area contributed by atoms with Gasteiger partial charge in [-0.1, -0.05) is 45.6 Å². The number of aryl methyl sites for hydroxylation is 3. The summed E-state index contributed by atoms with van der Waals surface area (Å²) in [4.78, 5) is 4.42. The second-order valence-electron chi connectivity index (χ2n) is 11.7. The first kappa shape index (κ1) is 24.9. The number of hydrogen-bond acceptors (Lipinski definition) is 4. The summed E-state index contributed by atoms with van der Waals surface area (Å²) in [5.74, 6) is 0.300. The van der Waals surface area contributed by atoms with E-state index >= 15 is 0 Å². The highest BCUT2D eigenvalue weighted by atomic mass is 28.3. The Labute approximate surface area is 215 Å². The van der Waals surface area contributed by atoms with E-state index < -0.39 is 8.07 Å². The fourth-order valence-corrected chi connectivity index (χ4v) is 6.02. The summed E-state index contributed by atoms with van der Waals surface area (Å²) in [5, 5.41) is 9.65. The third-order valence-corrected chi connectivity index (χ3v) is 8.94. The summed E-state index contributed by atoms with van der Waals surface area (Å²) in [7, 11) is -1.17. The summed E-state index contributed by atoms with van der Waals surface area (Å²) in [6.07, 6.45) is 8.61. The van der Waals surface area contributed by atoms with Gasteiger partial charge in [0.05, 0.1) is 11.4 Å². The van der Waals surface area contributed by atoms with Gasteiger partial charge in [0.25, 0.3) is 0 Å². The molecule has 1 aliphatic rings. The molecule has 3 aromatic heterocycles. The van der Waals surface area contributed by atoms with Crippen molar-refractivity contribution in [2.45, 2.75) is 84.8 Å². The SMILES string of the molecule is Cc1cc(-c2c(C(C)C)c(-c3ccc4c(c3)CCCC4)nn2COCC[Si](C)(C)C)cn2ncnc12. The topological polar surface area (TPSA) is 57.2 Å². The van der Waals surface area contributed by atoms with E-state index in [-0.39, 0.29) is 0 Å². The van der Waals surface area contributed by atoms with Gasteiger partial charge in [-0.15, -0.1) is 0 Å². The first-order chi connectivity index (χ1) is 17.2. The molecule has 5 rings (SSSR count). The molecule has 0 saturated carbocycles. The van der Waals surface area contributed by atoms with Crippen molar-refractivity contribution in [1.82, 2.24) is 24.4 Å². The van der Waals surface area contributed by atoms with Gasteiger partial charge < -0.3 is 4.74 Å². The molecule has 0 saturated heterocycles. The molecule has 3 heterocycles. The highest BCUT2D eigenvalue weighted by molar-refractivity contribution is 6.76. The third kappa shape index (κ3) is 5.04. The van der Waals surface area contributed by atoms with Crippen LogP contribution < -0.4 is 0 Å². The molecule has 0 bridgehead atoms. The van der Waals surface area contributed by atoms with Crippen LogP contribution in [0.2, 0.25) is 25.7 Å². The average Bonchev–Trinajstić information content (AvgIpc) is 3.46. The van der Waals surface area contributed by atoms with E-state index in [1.165, 1.54) is 41.5 Å². The van der Waals surface area contributed by atoms with Crippen LogP contribution in [-0.2, 0) is 24.3 Å². The standard InChI is InChI=1S/C29H39N5OSi/c1-20(2)26-27(24-12-11-22-9-7-8-10-23(22)16-24)32-34(19-35-13-14-36(4,5)6)28(26)25-15-21(3)29-30-18-31-33(29)17-25/h11-12,15-18,20H,7-10,13-14,19H2,1-6H3. The Morgan fingerprint density at radius 3 is 2.56 bits per heavy atom. The van der Waals surface area contributed by atoms with Crippen LogP contribution >= 0.6 is 0 Å². The third-order valence-electron chi connectivity index (χ3n) is 7.23. The van der Waals surface area contributed by atoms with Crippen molar-refractivity contribution < 1.29 is 4.74 Å². The molecule has 0 amide bonds. The van der Waals surface area contributed by atoms with Crippen molar-refractivity contribution in [2.24, 2.45) is 0 Å². The van der Waals surface area contributed by atoms with E-state index in [0.29, 0.717) is 12.6 Å². The number of benzene rings is 1. The lowest BCUT2D eigenvalue weighted by Crippen LogP contribution is -2.22. The van der Waals surface area contributed by atoms with E-state index in [1.807, 2.05) is 4.52 Å². The van der Waals surface area contributed by atoms with E-state index in [4.69, 9.17) is 9.84 Å². The Kier molecular flexibility index (Phi) is 6.88. The van der Waals surface area contributed by atoms with Crippen LogP contribution in [0.5, 0.6) is 0 Å². The van der Waals surface area contributed by atoms with Gasteiger partial charge in [-0.05, 0) is 73.4 Å². The number of rotatable bonds is 8. The molecule has 7 heteroatoms. The smallest absolute Gasteiger partial charge is 0.158 e. The molecule has 6 nitrogen and oxygen atoms in total. The van der Waals surface area contributed by atoms with Gasteiger partial charge in [0.2, 0.25) is 0 Å². The van der Waals surface area contributed by atoms with Crippen molar-refractivity contribution in [3.63, 3.8) is 0 Å². The number of ether oxygens (including phenoxy) is 1. The fourth-order valence-electron chi connectivity index (χ4n) is 5.27. The molecule has 1 aliphatic carbocycles. The van der Waals surface area contributed by atoms with Crippen molar-refractivity contribution in [2.75, 3.05) is 6.61 Å². The Morgan fingerprint density at radius 2 is 1.81 bits per heavy atom. The maximum Gasteiger partial charge on any atom is 0.158 e. The first-order valence-corrected chi connectivity index (χ1v) is 17.0. The molecule has 36 heavy (non-hydrogen) atoms. The van der Waals surface area contributed by atoms with Crippen LogP contribution in [0.25, 0.3) is 28.2 Å². The van der Waals surface area contributed by atoms with Gasteiger partial charge in [0.15, 0.2) is 5.65 Å². The van der Waals surface area contributed by atoms with Gasteiger partial charge in [0, 0.05) is 37.6 Å². The van der Waals surface area contributed by atoms with E-state index in [0.717, 1.165) is 47.2 Å². The van der Waals surface area contributed by atoms with Gasteiger partial charge in [-0.25, -0.2) is 14.2 Å². The Morgan fingerprint density at radius 1 is 1.03 bits per heavy atom. The largest absolute Gasteiger partial charge is 0.360 e. The summed E-state index contributed by atoms with van der Waals surface area (Å²) < 4.78 is 10.2. The predicted molar refractivity (Wildman–Crippen MR) is 149 cm³/mol. The Bertz CT molecular complexity index is 1380. The van der Waals surface area contributed by atoms with Crippen LogP contribution in [0.15, 0.2) is 36.8 Å². The number of fused-ring (bicyclic) bond motifs is 2. The molecule has 190 valence electrons. The number of hydrogen-bond donors (Lipinski definition) is 0. The second-order valence-corrected chi connectivity index (χ2v) is 17.4. The predicted octanol–water partition coefficient (Wildman–Crippen LogP) is 6.88. The molecule has 0 aliphatic heterocycles. The lowest BCUT2D eigenvalue weighted by atomic mass is 9.88. The van der Waals surface area contributed by atoms with Gasteiger partial charge >= 0.3 is 0 Å². The van der Waals surface area contributed by atoms with E-state index in [9.17, 15) is 0 Å². The van der Waals surface area contributed by atoms with Crippen LogP contribution in [0.4, 0.5) is 0 Å². The van der Waals surface area contributed by atoms with Crippen LogP contribution in [0.1, 0.15) is 54.9 Å². The quantitative estimate of drug-likeness (QED) is 0.195. The number of aromatic nitrogens is 5. The zero-order chi connectivity index (χ0) is 25.4. The molecular weight excluding hydrogens is 462 g/mol. The zero-order valence-electron chi connectivity index (χ0n) is 22.6. The zero-order valence-corrected chi connectivity index (χ0v) is 23.6. The van der Waals surface area contributed by atoms with Crippen LogP contribution in [-0.4, -0.2) is 39.1 Å². The molecule has 0 atom stereocenters. The Hall–Kier alpha value is -2.77. The lowest BCUT2D eigenvalue weighted by molar-refractivity contribution is 0.0799. The molecule has 0 unspecified atom stereocenters. The minimum Gasteiger partial charge on any atom is -0.360 e. The minimum absolute atomic E-state index is 0.300. The van der Waals surface area contributed by atoms with Crippen LogP contribution in [0, 0.1) is 6.92 Å². The van der Waals surface area contributed by atoms with E-state index in [2.05, 4.69) is 85.6 Å². The number of nitrogens with zero attached hydrogens (tertiary/aromatic N) is 5. The molecule has 4 aromatic rings. The highest BCUT2D eigenvalue weighted by Crippen LogP contribution is 2.39. The molecule has 0 fully saturated rings. The summed E-state index contributed by atoms with van der Waals surface area (Å²) >= 11 is 0. The van der Waals surface area contributed by atoms with Gasteiger partial charge in [-0.3, -0.25) is 0 Å². The molecule has 0 spiro atoms. The fraction of sp³-hybridized carbons (Fsp3) is 0.483. The summed E-state index contributed by atoms with van der Waals surface area (Å²) in [6, 6.07) is 10.3. The van der Waals surface area contributed by atoms with Crippen molar-refractivity contribution in [1.29, 1.82) is 0 Å². The maximum absolute atomic E-state index is 6.24. The van der Waals surface area contributed by atoms with Crippen LogP contribution in [0.3, 0.4) is 0 Å².